The molecule has 2 rings (SSSR count). The molecule has 1 heterocycles. The van der Waals surface area contributed by atoms with E-state index in [1.54, 1.807) is 18.3 Å². The highest BCUT2D eigenvalue weighted by atomic mass is 32.2. The largest absolute Gasteiger partial charge is 0.397 e. The predicted molar refractivity (Wildman–Crippen MR) is 84.9 cm³/mol. The Morgan fingerprint density at radius 3 is 2.52 bits per heavy atom. The van der Waals surface area contributed by atoms with Gasteiger partial charge in [-0.25, -0.2) is 8.42 Å². The van der Waals surface area contributed by atoms with Crippen molar-refractivity contribution < 1.29 is 8.42 Å². The number of pyridine rings is 1. The lowest BCUT2D eigenvalue weighted by atomic mass is 10.2. The van der Waals surface area contributed by atoms with E-state index in [1.165, 1.54) is 12.3 Å². The van der Waals surface area contributed by atoms with Gasteiger partial charge < -0.3 is 10.6 Å². The second-order valence-electron chi connectivity index (χ2n) is 4.83. The highest BCUT2D eigenvalue weighted by Crippen LogP contribution is 2.27. The van der Waals surface area contributed by atoms with Crippen molar-refractivity contribution in [2.45, 2.75) is 18.4 Å². The molecule has 0 spiro atoms. The normalized spacial score (nSPS) is 11.3. The summed E-state index contributed by atoms with van der Waals surface area (Å²) >= 11 is 0. The van der Waals surface area contributed by atoms with Gasteiger partial charge in [0.2, 0.25) is 0 Å². The molecule has 2 N–H and O–H groups in total. The quantitative estimate of drug-likeness (QED) is 0.856. The Balaban J connectivity index is 2.31. The maximum atomic E-state index is 11.5. The average molecular weight is 305 g/mol. The van der Waals surface area contributed by atoms with Gasteiger partial charge in [-0.1, -0.05) is 6.07 Å². The molecule has 0 bridgehead atoms. The molecular formula is C15H19N3O2S. The van der Waals surface area contributed by atoms with Crippen LogP contribution in [0, 0.1) is 0 Å². The third-order valence-electron chi connectivity index (χ3n) is 3.23. The molecule has 5 nitrogen and oxygen atoms in total. The Morgan fingerprint density at radius 1 is 1.24 bits per heavy atom. The number of aromatic nitrogens is 1. The van der Waals surface area contributed by atoms with Crippen molar-refractivity contribution in [3.05, 3.63) is 48.3 Å². The van der Waals surface area contributed by atoms with Crippen molar-refractivity contribution in [1.29, 1.82) is 0 Å². The summed E-state index contributed by atoms with van der Waals surface area (Å²) in [5.74, 6) is 0. The van der Waals surface area contributed by atoms with Gasteiger partial charge in [0.15, 0.2) is 9.84 Å². The Hall–Kier alpha value is -2.08. The Bertz CT molecular complexity index is 715. The maximum Gasteiger partial charge on any atom is 0.175 e. The summed E-state index contributed by atoms with van der Waals surface area (Å²) in [7, 11) is -3.24. The Labute approximate surface area is 125 Å². The Morgan fingerprint density at radius 2 is 2.00 bits per heavy atom. The lowest BCUT2D eigenvalue weighted by Gasteiger charge is -2.24. The molecule has 0 aliphatic rings. The van der Waals surface area contributed by atoms with Gasteiger partial charge in [-0.2, -0.15) is 0 Å². The van der Waals surface area contributed by atoms with E-state index in [4.69, 9.17) is 5.73 Å². The monoisotopic (exact) mass is 305 g/mol. The first kappa shape index (κ1) is 15.3. The summed E-state index contributed by atoms with van der Waals surface area (Å²) < 4.78 is 23.1. The van der Waals surface area contributed by atoms with Crippen LogP contribution in [0.3, 0.4) is 0 Å². The number of benzene rings is 1. The number of hydrogen-bond donors (Lipinski definition) is 1. The number of hydrogen-bond acceptors (Lipinski definition) is 5. The smallest absolute Gasteiger partial charge is 0.175 e. The van der Waals surface area contributed by atoms with E-state index in [1.807, 2.05) is 25.1 Å². The zero-order chi connectivity index (χ0) is 15.5. The summed E-state index contributed by atoms with van der Waals surface area (Å²) in [6.07, 6.45) is 2.92. The highest BCUT2D eigenvalue weighted by Gasteiger charge is 2.13. The maximum absolute atomic E-state index is 11.5. The van der Waals surface area contributed by atoms with E-state index >= 15 is 0 Å². The summed E-state index contributed by atoms with van der Waals surface area (Å²) in [5, 5.41) is 0. The van der Waals surface area contributed by atoms with Crippen LogP contribution in [0.25, 0.3) is 0 Å². The molecule has 0 aliphatic carbocycles. The van der Waals surface area contributed by atoms with Crippen LogP contribution in [0.1, 0.15) is 12.6 Å². The molecule has 1 aromatic heterocycles. The van der Waals surface area contributed by atoms with Crippen LogP contribution in [-0.2, 0) is 16.4 Å². The minimum atomic E-state index is -3.24. The average Bonchev–Trinajstić information content (AvgIpc) is 2.45. The molecule has 0 saturated carbocycles. The zero-order valence-electron chi connectivity index (χ0n) is 12.2. The fourth-order valence-corrected chi connectivity index (χ4v) is 2.76. The van der Waals surface area contributed by atoms with Crippen LogP contribution in [0.4, 0.5) is 11.4 Å². The van der Waals surface area contributed by atoms with E-state index in [-0.39, 0.29) is 4.90 Å². The van der Waals surface area contributed by atoms with Crippen LogP contribution in [-0.4, -0.2) is 26.2 Å². The van der Waals surface area contributed by atoms with E-state index < -0.39 is 9.84 Å². The number of sulfone groups is 1. The van der Waals surface area contributed by atoms with Crippen LogP contribution in [0.5, 0.6) is 0 Å². The number of anilines is 2. The first-order chi connectivity index (χ1) is 9.91. The molecule has 0 aliphatic heterocycles. The molecule has 21 heavy (non-hydrogen) atoms. The molecule has 0 atom stereocenters. The van der Waals surface area contributed by atoms with Gasteiger partial charge in [-0.05, 0) is 37.3 Å². The molecule has 112 valence electrons. The molecule has 0 amide bonds. The van der Waals surface area contributed by atoms with Crippen molar-refractivity contribution in [3.8, 4) is 0 Å². The number of nitrogens with zero attached hydrogens (tertiary/aromatic N) is 2. The predicted octanol–water partition coefficient (Wildman–Crippen LogP) is 2.09. The summed E-state index contributed by atoms with van der Waals surface area (Å²) in [6.45, 7) is 3.39. The lowest BCUT2D eigenvalue weighted by Crippen LogP contribution is -2.23. The topological polar surface area (TPSA) is 76.3 Å². The minimum absolute atomic E-state index is 0.234. The first-order valence-corrected chi connectivity index (χ1v) is 8.55. The fourth-order valence-electron chi connectivity index (χ4n) is 2.11. The van der Waals surface area contributed by atoms with Gasteiger partial charge >= 0.3 is 0 Å². The van der Waals surface area contributed by atoms with E-state index in [9.17, 15) is 8.42 Å². The van der Waals surface area contributed by atoms with E-state index in [2.05, 4.69) is 9.88 Å². The second-order valence-corrected chi connectivity index (χ2v) is 6.84. The molecule has 6 heteroatoms. The van der Waals surface area contributed by atoms with Crippen molar-refractivity contribution >= 4 is 21.2 Å². The SMILES string of the molecule is CCN(Cc1ccccn1)c1ccc(S(C)(=O)=O)cc1N. The highest BCUT2D eigenvalue weighted by molar-refractivity contribution is 7.90. The molecule has 2 aromatic rings. The summed E-state index contributed by atoms with van der Waals surface area (Å²) in [5.41, 5.74) is 8.23. The molecule has 0 unspecified atom stereocenters. The molecular weight excluding hydrogens is 286 g/mol. The van der Waals surface area contributed by atoms with Gasteiger partial charge in [0.05, 0.1) is 28.5 Å². The summed E-state index contributed by atoms with van der Waals surface area (Å²) in [4.78, 5) is 6.59. The van der Waals surface area contributed by atoms with Crippen LogP contribution in [0.2, 0.25) is 0 Å². The third kappa shape index (κ3) is 3.72. The Kier molecular flexibility index (Phi) is 4.47. The molecule has 0 fully saturated rings. The van der Waals surface area contributed by atoms with Gasteiger partial charge in [0.1, 0.15) is 0 Å². The van der Waals surface area contributed by atoms with Crippen molar-refractivity contribution in [3.63, 3.8) is 0 Å². The number of nitrogens with two attached hydrogens (primary N) is 1. The van der Waals surface area contributed by atoms with E-state index in [0.29, 0.717) is 12.2 Å². The van der Waals surface area contributed by atoms with Crippen LogP contribution in [0.15, 0.2) is 47.5 Å². The molecule has 1 aromatic carbocycles. The van der Waals surface area contributed by atoms with E-state index in [0.717, 1.165) is 17.9 Å². The third-order valence-corrected chi connectivity index (χ3v) is 4.34. The summed E-state index contributed by atoms with van der Waals surface area (Å²) in [6, 6.07) is 10.6. The molecule has 0 radical (unpaired) electrons. The first-order valence-electron chi connectivity index (χ1n) is 6.66. The van der Waals surface area contributed by atoms with Crippen molar-refractivity contribution in [2.24, 2.45) is 0 Å². The van der Waals surface area contributed by atoms with Crippen molar-refractivity contribution in [1.82, 2.24) is 4.98 Å². The second kappa shape index (κ2) is 6.13. The zero-order valence-corrected chi connectivity index (χ0v) is 13.0. The number of nitrogen functional groups attached to an aromatic ring is 1. The van der Waals surface area contributed by atoms with Crippen LogP contribution < -0.4 is 10.6 Å². The van der Waals surface area contributed by atoms with Gasteiger partial charge in [-0.15, -0.1) is 0 Å². The minimum Gasteiger partial charge on any atom is -0.397 e. The fraction of sp³-hybridized carbons (Fsp3) is 0.267. The van der Waals surface area contributed by atoms with Gasteiger partial charge in [0, 0.05) is 19.0 Å². The van der Waals surface area contributed by atoms with Crippen LogP contribution >= 0.6 is 0 Å². The lowest BCUT2D eigenvalue weighted by molar-refractivity contribution is 0.602. The number of rotatable bonds is 5. The van der Waals surface area contributed by atoms with Gasteiger partial charge in [-0.3, -0.25) is 4.98 Å². The van der Waals surface area contributed by atoms with Gasteiger partial charge in [0.25, 0.3) is 0 Å². The standard InChI is InChI=1S/C15H19N3O2S/c1-3-18(11-12-6-4-5-9-17-12)15-8-7-13(10-14(15)16)21(2,19)20/h4-10H,3,11,16H2,1-2H3. The van der Waals surface area contributed by atoms with Crippen molar-refractivity contribution in [2.75, 3.05) is 23.4 Å². The molecule has 0 saturated heterocycles.